The lowest BCUT2D eigenvalue weighted by molar-refractivity contribution is 0.415. The van der Waals surface area contributed by atoms with Crippen molar-refractivity contribution in [2.24, 2.45) is 10.7 Å². The molecule has 24 heavy (non-hydrogen) atoms. The van der Waals surface area contributed by atoms with E-state index in [0.717, 1.165) is 0 Å². The molecule has 0 heterocycles. The van der Waals surface area contributed by atoms with Gasteiger partial charge >= 0.3 is 0 Å². The van der Waals surface area contributed by atoms with E-state index in [9.17, 15) is 8.42 Å². The summed E-state index contributed by atoms with van der Waals surface area (Å²) in [6, 6.07) is 5.18. The first kappa shape index (κ1) is 23.2. The molecule has 0 fully saturated rings. The maximum Gasteiger partial charge on any atom is 0.213 e. The number of aliphatic imine (C=N–C) groups is 1. The zero-order valence-corrected chi connectivity index (χ0v) is 17.9. The Morgan fingerprint density at radius 3 is 2.67 bits per heavy atom. The van der Waals surface area contributed by atoms with Crippen LogP contribution in [0.2, 0.25) is 5.02 Å². The number of nitrogens with one attached hydrogen (secondary N) is 1. The Morgan fingerprint density at radius 2 is 2.12 bits per heavy atom. The van der Waals surface area contributed by atoms with Crippen molar-refractivity contribution in [1.29, 1.82) is 0 Å². The highest BCUT2D eigenvalue weighted by atomic mass is 127. The molecule has 0 bridgehead atoms. The molecular formula is C14H24ClIN4O3S. The number of hydrogen-bond acceptors (Lipinski definition) is 4. The Morgan fingerprint density at radius 1 is 1.46 bits per heavy atom. The molecule has 0 aromatic heterocycles. The summed E-state index contributed by atoms with van der Waals surface area (Å²) in [5.41, 5.74) is 6.48. The third-order valence-corrected chi connectivity index (χ3v) is 5.33. The molecule has 3 N–H and O–H groups in total. The van der Waals surface area contributed by atoms with Gasteiger partial charge in [0, 0.05) is 25.8 Å². The number of rotatable bonds is 8. The molecule has 1 aromatic carbocycles. The van der Waals surface area contributed by atoms with Crippen molar-refractivity contribution in [2.45, 2.75) is 13.3 Å². The number of guanidine groups is 1. The van der Waals surface area contributed by atoms with Gasteiger partial charge < -0.3 is 15.8 Å². The molecule has 138 valence electrons. The summed E-state index contributed by atoms with van der Waals surface area (Å²) in [5, 5.41) is 3.39. The van der Waals surface area contributed by atoms with Crippen LogP contribution in [0.4, 0.5) is 5.69 Å². The lowest BCUT2D eigenvalue weighted by Crippen LogP contribution is -2.30. The number of hydrogen-bond donors (Lipinski definition) is 2. The topological polar surface area (TPSA) is 97.0 Å². The third kappa shape index (κ3) is 7.41. The summed E-state index contributed by atoms with van der Waals surface area (Å²) in [6.45, 7) is 2.44. The molecule has 10 heteroatoms. The molecule has 1 rings (SSSR count). The quantitative estimate of drug-likeness (QED) is 0.252. The molecule has 0 aliphatic carbocycles. The number of methoxy groups -OCH3 is 1. The van der Waals surface area contributed by atoms with Crippen molar-refractivity contribution < 1.29 is 13.2 Å². The van der Waals surface area contributed by atoms with E-state index >= 15 is 0 Å². The minimum Gasteiger partial charge on any atom is -0.495 e. The minimum atomic E-state index is -3.15. The average molecular weight is 491 g/mol. The molecular weight excluding hydrogens is 467 g/mol. The highest BCUT2D eigenvalue weighted by Crippen LogP contribution is 2.26. The van der Waals surface area contributed by atoms with Gasteiger partial charge in [-0.05, 0) is 31.5 Å². The Labute approximate surface area is 165 Å². The van der Waals surface area contributed by atoms with Gasteiger partial charge in [0.15, 0.2) is 5.96 Å². The number of anilines is 1. The Bertz CT molecular complexity index is 655. The summed E-state index contributed by atoms with van der Waals surface area (Å²) in [5.74, 6) is 0.912. The molecule has 0 radical (unpaired) electrons. The van der Waals surface area contributed by atoms with Gasteiger partial charge in [0.25, 0.3) is 0 Å². The first-order valence-electron chi connectivity index (χ1n) is 7.14. The Hall–Kier alpha value is -0.780. The average Bonchev–Trinajstić information content (AvgIpc) is 2.51. The Balaban J connectivity index is 0.00000529. The molecule has 0 spiro atoms. The normalized spacial score (nSPS) is 12.0. The monoisotopic (exact) mass is 490 g/mol. The summed E-state index contributed by atoms with van der Waals surface area (Å²) in [4.78, 5) is 4.16. The predicted octanol–water partition coefficient (Wildman–Crippen LogP) is 2.36. The van der Waals surface area contributed by atoms with Crippen molar-refractivity contribution in [1.82, 2.24) is 4.31 Å². The van der Waals surface area contributed by atoms with Crippen LogP contribution in [0.3, 0.4) is 0 Å². The number of benzene rings is 1. The number of nitrogens with two attached hydrogens (primary N) is 1. The summed E-state index contributed by atoms with van der Waals surface area (Å²) in [7, 11) is -0.0468. The lowest BCUT2D eigenvalue weighted by atomic mass is 10.3. The molecule has 0 saturated carbocycles. The summed E-state index contributed by atoms with van der Waals surface area (Å²) >= 11 is 6.02. The van der Waals surface area contributed by atoms with E-state index in [-0.39, 0.29) is 35.7 Å². The van der Waals surface area contributed by atoms with Crippen molar-refractivity contribution in [3.05, 3.63) is 23.2 Å². The number of sulfonamides is 1. The third-order valence-electron chi connectivity index (χ3n) is 3.18. The molecule has 0 unspecified atom stereocenters. The molecule has 0 aliphatic heterocycles. The first-order chi connectivity index (χ1) is 10.8. The molecule has 0 amide bonds. The summed E-state index contributed by atoms with van der Waals surface area (Å²) < 4.78 is 29.6. The van der Waals surface area contributed by atoms with Gasteiger partial charge in [0.05, 0.1) is 17.9 Å². The van der Waals surface area contributed by atoms with E-state index in [1.807, 2.05) is 0 Å². The number of ether oxygens (including phenoxy) is 1. The van der Waals surface area contributed by atoms with Gasteiger partial charge in [-0.2, -0.15) is 0 Å². The molecule has 0 atom stereocenters. The molecule has 7 nitrogen and oxygen atoms in total. The second-order valence-corrected chi connectivity index (χ2v) is 7.59. The van der Waals surface area contributed by atoms with Crippen LogP contribution in [0.5, 0.6) is 5.75 Å². The first-order valence-corrected chi connectivity index (χ1v) is 9.13. The van der Waals surface area contributed by atoms with Crippen LogP contribution in [0.15, 0.2) is 23.2 Å². The zero-order valence-electron chi connectivity index (χ0n) is 14.0. The highest BCUT2D eigenvalue weighted by molar-refractivity contribution is 14.0. The van der Waals surface area contributed by atoms with Gasteiger partial charge in [-0.25, -0.2) is 12.7 Å². The van der Waals surface area contributed by atoms with Gasteiger partial charge in [-0.1, -0.05) is 11.6 Å². The van der Waals surface area contributed by atoms with E-state index in [4.69, 9.17) is 22.1 Å². The second-order valence-electron chi connectivity index (χ2n) is 4.82. The van der Waals surface area contributed by atoms with Gasteiger partial charge in [0.1, 0.15) is 5.75 Å². The molecule has 0 aliphatic rings. The van der Waals surface area contributed by atoms with Gasteiger partial charge in [0.2, 0.25) is 10.0 Å². The van der Waals surface area contributed by atoms with Gasteiger partial charge in [-0.15, -0.1) is 24.0 Å². The standard InChI is InChI=1S/C14H23ClN4O3S.HI/c1-4-23(20,21)19(2)9-5-8-17-14(16)18-11-6-7-13(22-3)12(15)10-11;/h6-7,10H,4-5,8-9H2,1-3H3,(H3,16,17,18);1H. The second kappa shape index (κ2) is 11.0. The van der Waals surface area contributed by atoms with E-state index < -0.39 is 10.0 Å². The van der Waals surface area contributed by atoms with Crippen molar-refractivity contribution >= 4 is 57.2 Å². The largest absolute Gasteiger partial charge is 0.495 e. The van der Waals surface area contributed by atoms with E-state index in [1.165, 1.54) is 4.31 Å². The van der Waals surface area contributed by atoms with Crippen LogP contribution < -0.4 is 15.8 Å². The van der Waals surface area contributed by atoms with E-state index in [1.54, 1.807) is 39.3 Å². The fourth-order valence-corrected chi connectivity index (χ4v) is 2.89. The van der Waals surface area contributed by atoms with Crippen molar-refractivity contribution in [3.8, 4) is 5.75 Å². The predicted molar refractivity (Wildman–Crippen MR) is 110 cm³/mol. The molecule has 1 aromatic rings. The SMILES string of the molecule is CCS(=O)(=O)N(C)CCCN=C(N)Nc1ccc(OC)c(Cl)c1.I. The summed E-state index contributed by atoms with van der Waals surface area (Å²) in [6.07, 6.45) is 0.585. The van der Waals surface area contributed by atoms with Gasteiger partial charge in [-0.3, -0.25) is 4.99 Å². The van der Waals surface area contributed by atoms with Crippen molar-refractivity contribution in [3.63, 3.8) is 0 Å². The number of nitrogens with zero attached hydrogens (tertiary/aromatic N) is 2. The van der Waals surface area contributed by atoms with E-state index in [0.29, 0.717) is 36.0 Å². The fourth-order valence-electron chi connectivity index (χ4n) is 1.78. The van der Waals surface area contributed by atoms with Crippen molar-refractivity contribution in [2.75, 3.05) is 38.3 Å². The van der Waals surface area contributed by atoms with Crippen LogP contribution >= 0.6 is 35.6 Å². The minimum absolute atomic E-state index is 0. The smallest absolute Gasteiger partial charge is 0.213 e. The van der Waals surface area contributed by atoms with Crippen LogP contribution in [-0.2, 0) is 10.0 Å². The van der Waals surface area contributed by atoms with Crippen LogP contribution in [0.25, 0.3) is 0 Å². The number of halogens is 2. The van der Waals surface area contributed by atoms with Crippen LogP contribution in [0.1, 0.15) is 13.3 Å². The maximum atomic E-state index is 11.6. The zero-order chi connectivity index (χ0) is 17.5. The maximum absolute atomic E-state index is 11.6. The highest BCUT2D eigenvalue weighted by Gasteiger charge is 2.13. The Kier molecular flexibility index (Phi) is 10.6. The lowest BCUT2D eigenvalue weighted by Gasteiger charge is -2.15. The van der Waals surface area contributed by atoms with E-state index in [2.05, 4.69) is 10.3 Å². The van der Waals surface area contributed by atoms with Crippen LogP contribution in [0, 0.1) is 0 Å². The molecule has 0 saturated heterocycles. The fraction of sp³-hybridized carbons (Fsp3) is 0.500. The van der Waals surface area contributed by atoms with Crippen LogP contribution in [-0.4, -0.2) is 51.7 Å².